The molecule has 0 bridgehead atoms. The van der Waals surface area contributed by atoms with E-state index < -0.39 is 54.2 Å². The van der Waals surface area contributed by atoms with Crippen LogP contribution in [0.1, 0.15) is 34.8 Å². The zero-order valence-electron chi connectivity index (χ0n) is 25.0. The minimum atomic E-state index is -1.99. The van der Waals surface area contributed by atoms with E-state index in [4.69, 9.17) is 32.7 Å². The fourth-order valence-corrected chi connectivity index (χ4v) is 5.71. The maximum Gasteiger partial charge on any atom is 0.332 e. The molecule has 1 aliphatic rings. The van der Waals surface area contributed by atoms with E-state index in [9.17, 15) is 28.0 Å². The molecule has 0 saturated carbocycles. The molecule has 1 aliphatic heterocycles. The van der Waals surface area contributed by atoms with Crippen molar-refractivity contribution in [3.05, 3.63) is 96.4 Å². The molecule has 0 aliphatic carbocycles. The molecule has 1 N–H and O–H groups in total. The Labute approximate surface area is 276 Å². The molecule has 0 spiro atoms. The minimum Gasteiger partial charge on any atom is -0.495 e. The lowest BCUT2D eigenvalue weighted by Crippen LogP contribution is -2.44. The number of nitrogens with one attached hydrogen (secondary N) is 1. The largest absolute Gasteiger partial charge is 0.495 e. The number of nitrogens with zero attached hydrogens (tertiary/aromatic N) is 3. The van der Waals surface area contributed by atoms with Crippen molar-refractivity contribution in [2.24, 2.45) is 0 Å². The Hall–Kier alpha value is -4.49. The lowest BCUT2D eigenvalue weighted by atomic mass is 10.0. The molecule has 2 amide bonds. The maximum atomic E-state index is 15.1. The number of hydrogen-bond donors (Lipinski definition) is 1. The number of carbonyl (C=O) groups is 2. The smallest absolute Gasteiger partial charge is 0.332 e. The van der Waals surface area contributed by atoms with Crippen LogP contribution < -0.4 is 26.0 Å². The van der Waals surface area contributed by atoms with Gasteiger partial charge in [-0.3, -0.25) is 23.5 Å². The Morgan fingerprint density at radius 2 is 1.81 bits per heavy atom. The number of anilines is 1. The fraction of sp³-hybridized carbons (Fsp3) is 0.312. The highest BCUT2D eigenvalue weighted by Gasteiger charge is 2.26. The van der Waals surface area contributed by atoms with Crippen LogP contribution in [0.25, 0.3) is 10.9 Å². The number of likely N-dealkylation sites (tertiary alicyclic amines) is 1. The Morgan fingerprint density at radius 3 is 2.47 bits per heavy atom. The van der Waals surface area contributed by atoms with Gasteiger partial charge < -0.3 is 19.7 Å². The Balaban J connectivity index is 1.54. The van der Waals surface area contributed by atoms with Gasteiger partial charge in [-0.05, 0) is 54.8 Å². The summed E-state index contributed by atoms with van der Waals surface area (Å²) in [6, 6.07) is 10.7. The molecule has 0 radical (unpaired) electrons. The van der Waals surface area contributed by atoms with Gasteiger partial charge in [0.1, 0.15) is 19.0 Å². The molecule has 1 unspecified atom stereocenters. The standard InChI is InChI=1S/C32H29Cl2F3N4O6/c1-46-29-10-18(2-5-26(29)38-30(43)19-3-4-23(33)24(34)11-19)15-40-31(44)22-12-28(47-16-20(36)14-35)25(37)13-27(22)41(32(40)45)21-6-8-39(17-42)9-7-21/h2-5,10-13,17,20-21H,6-9,14-16H2,1H3,(H,38,43). The number of hydrogen-bond acceptors (Lipinski definition) is 6. The molecule has 3 aromatic carbocycles. The van der Waals surface area contributed by atoms with Crippen molar-refractivity contribution in [3.8, 4) is 11.5 Å². The van der Waals surface area contributed by atoms with Crippen LogP contribution in [-0.4, -0.2) is 66.0 Å². The first-order valence-corrected chi connectivity index (χ1v) is 15.2. The van der Waals surface area contributed by atoms with Crippen LogP contribution in [-0.2, 0) is 11.3 Å². The van der Waals surface area contributed by atoms with Crippen molar-refractivity contribution in [3.63, 3.8) is 0 Å². The summed E-state index contributed by atoms with van der Waals surface area (Å²) < 4.78 is 54.2. The van der Waals surface area contributed by atoms with Crippen LogP contribution in [0.5, 0.6) is 11.5 Å². The van der Waals surface area contributed by atoms with Crippen LogP contribution in [0.15, 0.2) is 58.1 Å². The lowest BCUT2D eigenvalue weighted by molar-refractivity contribution is -0.119. The van der Waals surface area contributed by atoms with Gasteiger partial charge in [0.05, 0.1) is 40.3 Å². The van der Waals surface area contributed by atoms with Crippen LogP contribution in [0.3, 0.4) is 0 Å². The average molecular weight is 694 g/mol. The third-order valence-electron chi connectivity index (χ3n) is 7.86. The molecule has 1 saturated heterocycles. The van der Waals surface area contributed by atoms with Crippen LogP contribution >= 0.6 is 23.2 Å². The number of alkyl halides is 2. The second kappa shape index (κ2) is 14.5. The van der Waals surface area contributed by atoms with Gasteiger partial charge in [-0.15, -0.1) is 0 Å². The first-order chi connectivity index (χ1) is 22.5. The minimum absolute atomic E-state index is 0.00545. The van der Waals surface area contributed by atoms with E-state index in [1.807, 2.05) is 0 Å². The lowest BCUT2D eigenvalue weighted by Gasteiger charge is -2.31. The van der Waals surface area contributed by atoms with Gasteiger partial charge in [-0.1, -0.05) is 29.3 Å². The Bertz CT molecular complexity index is 1950. The molecule has 1 aromatic heterocycles. The highest BCUT2D eigenvalue weighted by atomic mass is 35.5. The molecular weight excluding hydrogens is 664 g/mol. The third-order valence-corrected chi connectivity index (χ3v) is 8.60. The van der Waals surface area contributed by atoms with Crippen molar-refractivity contribution in [2.45, 2.75) is 31.6 Å². The molecule has 10 nitrogen and oxygen atoms in total. The second-order valence-electron chi connectivity index (χ2n) is 10.9. The van der Waals surface area contributed by atoms with Gasteiger partial charge in [0, 0.05) is 30.8 Å². The molecule has 47 heavy (non-hydrogen) atoms. The summed E-state index contributed by atoms with van der Waals surface area (Å²) in [4.78, 5) is 53.5. The van der Waals surface area contributed by atoms with E-state index in [0.29, 0.717) is 48.6 Å². The van der Waals surface area contributed by atoms with Crippen molar-refractivity contribution in [1.82, 2.24) is 14.0 Å². The number of aromatic nitrogens is 2. The second-order valence-corrected chi connectivity index (χ2v) is 11.7. The van der Waals surface area contributed by atoms with Crippen molar-refractivity contribution >= 4 is 52.1 Å². The zero-order valence-corrected chi connectivity index (χ0v) is 26.5. The third kappa shape index (κ3) is 7.25. The van der Waals surface area contributed by atoms with Gasteiger partial charge in [-0.2, -0.15) is 0 Å². The highest BCUT2D eigenvalue weighted by Crippen LogP contribution is 2.30. The summed E-state index contributed by atoms with van der Waals surface area (Å²) in [7, 11) is 1.38. The van der Waals surface area contributed by atoms with Crippen molar-refractivity contribution < 1.29 is 32.2 Å². The van der Waals surface area contributed by atoms with Gasteiger partial charge in [-0.25, -0.2) is 18.0 Å². The number of methoxy groups -OCH3 is 1. The monoisotopic (exact) mass is 692 g/mol. The molecule has 1 atom stereocenters. The first-order valence-electron chi connectivity index (χ1n) is 14.5. The molecule has 4 aromatic rings. The number of benzene rings is 3. The summed E-state index contributed by atoms with van der Waals surface area (Å²) in [5, 5.41) is 3.15. The topological polar surface area (TPSA) is 112 Å². The van der Waals surface area contributed by atoms with E-state index >= 15 is 4.39 Å². The van der Waals surface area contributed by atoms with E-state index in [2.05, 4.69) is 5.32 Å². The fourth-order valence-electron chi connectivity index (χ4n) is 5.41. The number of ether oxygens (including phenoxy) is 2. The van der Waals surface area contributed by atoms with E-state index in [1.165, 1.54) is 29.9 Å². The number of rotatable bonds is 11. The van der Waals surface area contributed by atoms with Gasteiger partial charge in [0.2, 0.25) is 6.41 Å². The Kier molecular flexibility index (Phi) is 10.5. The number of fused-ring (bicyclic) bond motifs is 1. The molecular formula is C32H29Cl2F3N4O6. The van der Waals surface area contributed by atoms with Crippen molar-refractivity contribution in [1.29, 1.82) is 0 Å². The predicted molar refractivity (Wildman–Crippen MR) is 171 cm³/mol. The summed E-state index contributed by atoms with van der Waals surface area (Å²) in [6.45, 7) is -1.65. The molecule has 15 heteroatoms. The Morgan fingerprint density at radius 1 is 1.06 bits per heavy atom. The summed E-state index contributed by atoms with van der Waals surface area (Å²) in [5.74, 6) is -1.68. The SMILES string of the molecule is COc1cc(Cn2c(=O)c3cc(OCC(F)CF)c(F)cc3n(C3CCN(C=O)CC3)c2=O)ccc1NC(=O)c1ccc(Cl)c(Cl)c1. The van der Waals surface area contributed by atoms with Gasteiger partial charge >= 0.3 is 5.69 Å². The first kappa shape index (κ1) is 33.9. The van der Waals surface area contributed by atoms with Gasteiger partial charge in [0.25, 0.3) is 11.5 Å². The average Bonchev–Trinajstić information content (AvgIpc) is 3.07. The number of amides is 2. The van der Waals surface area contributed by atoms with Gasteiger partial charge in [0.15, 0.2) is 17.7 Å². The number of halogens is 5. The number of carbonyl (C=O) groups excluding carboxylic acids is 2. The van der Waals surface area contributed by atoms with Crippen LogP contribution in [0.4, 0.5) is 18.9 Å². The van der Waals surface area contributed by atoms with E-state index in [-0.39, 0.29) is 33.8 Å². The molecule has 5 rings (SSSR count). The molecule has 248 valence electrons. The molecule has 2 heterocycles. The summed E-state index contributed by atoms with van der Waals surface area (Å²) >= 11 is 12.0. The highest BCUT2D eigenvalue weighted by molar-refractivity contribution is 6.42. The normalized spacial score (nSPS) is 14.2. The van der Waals surface area contributed by atoms with E-state index in [0.717, 1.165) is 16.7 Å². The number of piperidine rings is 1. The quantitative estimate of drug-likeness (QED) is 0.211. The molecule has 1 fully saturated rings. The summed E-state index contributed by atoms with van der Waals surface area (Å²) in [6.07, 6.45) is -0.550. The van der Waals surface area contributed by atoms with Crippen LogP contribution in [0, 0.1) is 5.82 Å². The van der Waals surface area contributed by atoms with Crippen molar-refractivity contribution in [2.75, 3.05) is 38.8 Å². The van der Waals surface area contributed by atoms with Crippen LogP contribution in [0.2, 0.25) is 10.0 Å². The predicted octanol–water partition coefficient (Wildman–Crippen LogP) is 5.40. The maximum absolute atomic E-state index is 15.1. The van der Waals surface area contributed by atoms with E-state index in [1.54, 1.807) is 23.1 Å². The zero-order chi connectivity index (χ0) is 33.8. The summed E-state index contributed by atoms with van der Waals surface area (Å²) in [5.41, 5.74) is -0.469.